The van der Waals surface area contributed by atoms with Gasteiger partial charge in [0.25, 0.3) is 5.91 Å². The smallest absolute Gasteiger partial charge is 0.346 e. The topological polar surface area (TPSA) is 69.7 Å². The number of hydrogen-bond acceptors (Lipinski definition) is 3. The highest BCUT2D eigenvalue weighted by molar-refractivity contribution is 6.35. The van der Waals surface area contributed by atoms with E-state index in [4.69, 9.17) is 0 Å². The summed E-state index contributed by atoms with van der Waals surface area (Å²) in [5, 5.41) is 2.49. The lowest BCUT2D eigenvalue weighted by Crippen LogP contribution is -2.54. The van der Waals surface area contributed by atoms with Gasteiger partial charge in [-0.05, 0) is 26.0 Å². The highest BCUT2D eigenvalue weighted by Crippen LogP contribution is 2.32. The summed E-state index contributed by atoms with van der Waals surface area (Å²) in [5.74, 6) is -2.18. The van der Waals surface area contributed by atoms with Crippen LogP contribution in [0.4, 0.5) is 13.2 Å². The number of piperazine rings is 1. The maximum absolute atomic E-state index is 13.1. The van der Waals surface area contributed by atoms with E-state index < -0.39 is 35.0 Å². The number of amides is 3. The van der Waals surface area contributed by atoms with Gasteiger partial charge in [-0.2, -0.15) is 13.2 Å². The van der Waals surface area contributed by atoms with Crippen molar-refractivity contribution in [2.75, 3.05) is 26.2 Å². The Morgan fingerprint density at radius 1 is 1.00 bits per heavy atom. The third-order valence-corrected chi connectivity index (χ3v) is 3.93. The number of nitrogens with one attached hydrogen (secondary N) is 1. The summed E-state index contributed by atoms with van der Waals surface area (Å²) in [6, 6.07) is 4.41. The van der Waals surface area contributed by atoms with Crippen LogP contribution in [0, 0.1) is 0 Å². The van der Waals surface area contributed by atoms with E-state index in [9.17, 15) is 27.6 Å². The molecule has 3 amide bonds. The van der Waals surface area contributed by atoms with Gasteiger partial charge < -0.3 is 15.1 Å². The first-order valence-electron chi connectivity index (χ1n) is 8.16. The molecule has 0 unspecified atom stereocenters. The molecule has 1 N–H and O–H groups in total. The number of alkyl halides is 3. The third-order valence-electron chi connectivity index (χ3n) is 3.93. The largest absolute Gasteiger partial charge is 0.417 e. The Labute approximate surface area is 148 Å². The molecule has 1 saturated heterocycles. The summed E-state index contributed by atoms with van der Waals surface area (Å²) in [5.41, 5.74) is -1.41. The van der Waals surface area contributed by atoms with Crippen LogP contribution in [0.3, 0.4) is 0 Å². The van der Waals surface area contributed by atoms with Gasteiger partial charge in [0.2, 0.25) is 0 Å². The first-order chi connectivity index (χ1) is 12.1. The Morgan fingerprint density at radius 3 is 2.08 bits per heavy atom. The summed E-state index contributed by atoms with van der Waals surface area (Å²) in [6.07, 6.45) is -4.63. The fraction of sp³-hybridized carbons (Fsp3) is 0.471. The highest BCUT2D eigenvalue weighted by atomic mass is 19.4. The lowest BCUT2D eigenvalue weighted by atomic mass is 10.1. The zero-order valence-corrected chi connectivity index (χ0v) is 14.5. The van der Waals surface area contributed by atoms with Crippen molar-refractivity contribution in [1.29, 1.82) is 0 Å². The predicted octanol–water partition coefficient (Wildman–Crippen LogP) is 1.51. The molecule has 2 rings (SSSR count). The summed E-state index contributed by atoms with van der Waals surface area (Å²) < 4.78 is 39.2. The van der Waals surface area contributed by atoms with Gasteiger partial charge in [0.15, 0.2) is 0 Å². The predicted molar refractivity (Wildman–Crippen MR) is 87.2 cm³/mol. The van der Waals surface area contributed by atoms with Crippen LogP contribution in [0.5, 0.6) is 0 Å². The van der Waals surface area contributed by atoms with Crippen LogP contribution in [0.15, 0.2) is 24.3 Å². The van der Waals surface area contributed by atoms with Crippen molar-refractivity contribution in [1.82, 2.24) is 15.1 Å². The fourth-order valence-electron chi connectivity index (χ4n) is 2.67. The molecule has 0 aliphatic carbocycles. The van der Waals surface area contributed by atoms with Crippen molar-refractivity contribution >= 4 is 17.7 Å². The van der Waals surface area contributed by atoms with Crippen LogP contribution >= 0.6 is 0 Å². The van der Waals surface area contributed by atoms with E-state index in [0.717, 1.165) is 12.1 Å². The van der Waals surface area contributed by atoms with E-state index in [2.05, 4.69) is 5.32 Å². The SMILES string of the molecule is CC(C)NC(=O)C(=O)N1CCN(C(=O)c2ccccc2C(F)(F)F)CC1. The maximum Gasteiger partial charge on any atom is 0.417 e. The van der Waals surface area contributed by atoms with Crippen LogP contribution in [0.25, 0.3) is 0 Å². The van der Waals surface area contributed by atoms with E-state index in [1.165, 1.54) is 21.9 Å². The number of carbonyl (C=O) groups excluding carboxylic acids is 3. The van der Waals surface area contributed by atoms with Crippen molar-refractivity contribution in [3.63, 3.8) is 0 Å². The van der Waals surface area contributed by atoms with Gasteiger partial charge in [-0.3, -0.25) is 14.4 Å². The van der Waals surface area contributed by atoms with Gasteiger partial charge in [-0.25, -0.2) is 0 Å². The minimum atomic E-state index is -4.63. The summed E-state index contributed by atoms with van der Waals surface area (Å²) in [7, 11) is 0. The zero-order chi connectivity index (χ0) is 19.5. The number of rotatable bonds is 2. The number of carbonyl (C=O) groups is 3. The Balaban J connectivity index is 2.04. The summed E-state index contributed by atoms with van der Waals surface area (Å²) in [6.45, 7) is 3.74. The molecule has 1 aliphatic rings. The molecule has 0 aromatic heterocycles. The van der Waals surface area contributed by atoms with Gasteiger partial charge in [0.1, 0.15) is 0 Å². The van der Waals surface area contributed by atoms with Crippen molar-refractivity contribution in [2.45, 2.75) is 26.1 Å². The van der Waals surface area contributed by atoms with Gasteiger partial charge in [-0.15, -0.1) is 0 Å². The molecule has 1 heterocycles. The lowest BCUT2D eigenvalue weighted by molar-refractivity contribution is -0.147. The van der Waals surface area contributed by atoms with E-state index in [0.29, 0.717) is 0 Å². The average Bonchev–Trinajstić information content (AvgIpc) is 2.59. The Kier molecular flexibility index (Phi) is 5.89. The fourth-order valence-corrected chi connectivity index (χ4v) is 2.67. The standard InChI is InChI=1S/C17H20F3N3O3/c1-11(2)21-14(24)16(26)23-9-7-22(8-10-23)15(25)12-5-3-4-6-13(12)17(18,19)20/h3-6,11H,7-10H2,1-2H3,(H,21,24). The molecule has 9 heteroatoms. The Morgan fingerprint density at radius 2 is 1.54 bits per heavy atom. The normalized spacial score (nSPS) is 15.2. The van der Waals surface area contributed by atoms with Crippen molar-refractivity contribution in [3.8, 4) is 0 Å². The molecule has 1 aromatic rings. The molecule has 0 atom stereocenters. The molecule has 0 saturated carbocycles. The molecule has 0 bridgehead atoms. The van der Waals surface area contributed by atoms with Gasteiger partial charge >= 0.3 is 18.0 Å². The Bertz CT molecular complexity index is 696. The number of benzene rings is 1. The zero-order valence-electron chi connectivity index (χ0n) is 14.5. The molecular weight excluding hydrogens is 351 g/mol. The second-order valence-electron chi connectivity index (χ2n) is 6.26. The third kappa shape index (κ3) is 4.53. The average molecular weight is 371 g/mol. The monoisotopic (exact) mass is 371 g/mol. The molecular formula is C17H20F3N3O3. The lowest BCUT2D eigenvalue weighted by Gasteiger charge is -2.34. The van der Waals surface area contributed by atoms with Crippen LogP contribution in [-0.4, -0.2) is 59.7 Å². The molecule has 0 spiro atoms. The van der Waals surface area contributed by atoms with Crippen LogP contribution in [-0.2, 0) is 15.8 Å². The second-order valence-corrected chi connectivity index (χ2v) is 6.26. The first-order valence-corrected chi connectivity index (χ1v) is 8.16. The first kappa shape index (κ1) is 19.7. The van der Waals surface area contributed by atoms with Crippen LogP contribution in [0.2, 0.25) is 0 Å². The molecule has 0 radical (unpaired) electrons. The number of hydrogen-bond donors (Lipinski definition) is 1. The summed E-state index contributed by atoms with van der Waals surface area (Å²) >= 11 is 0. The molecule has 26 heavy (non-hydrogen) atoms. The molecule has 1 aromatic carbocycles. The number of halogens is 3. The highest BCUT2D eigenvalue weighted by Gasteiger charge is 2.36. The molecule has 142 valence electrons. The van der Waals surface area contributed by atoms with Gasteiger partial charge in [0, 0.05) is 32.2 Å². The second kappa shape index (κ2) is 7.76. The van der Waals surface area contributed by atoms with E-state index in [-0.39, 0.29) is 32.2 Å². The minimum absolute atomic E-state index is 0.0612. The van der Waals surface area contributed by atoms with Crippen molar-refractivity contribution in [3.05, 3.63) is 35.4 Å². The Hall–Kier alpha value is -2.58. The van der Waals surface area contributed by atoms with E-state index in [1.54, 1.807) is 13.8 Å². The minimum Gasteiger partial charge on any atom is -0.346 e. The maximum atomic E-state index is 13.1. The molecule has 6 nitrogen and oxygen atoms in total. The molecule has 1 aliphatic heterocycles. The van der Waals surface area contributed by atoms with Crippen molar-refractivity contribution in [2.24, 2.45) is 0 Å². The van der Waals surface area contributed by atoms with Crippen LogP contribution in [0.1, 0.15) is 29.8 Å². The van der Waals surface area contributed by atoms with Crippen LogP contribution < -0.4 is 5.32 Å². The molecule has 1 fully saturated rings. The van der Waals surface area contributed by atoms with Crippen molar-refractivity contribution < 1.29 is 27.6 Å². The van der Waals surface area contributed by atoms with Gasteiger partial charge in [0.05, 0.1) is 11.1 Å². The summed E-state index contributed by atoms with van der Waals surface area (Å²) in [4.78, 5) is 38.8. The van der Waals surface area contributed by atoms with E-state index >= 15 is 0 Å². The van der Waals surface area contributed by atoms with Gasteiger partial charge in [-0.1, -0.05) is 12.1 Å². The quantitative estimate of drug-likeness (QED) is 0.802. The van der Waals surface area contributed by atoms with E-state index in [1.807, 2.05) is 0 Å². The number of nitrogens with zero attached hydrogens (tertiary/aromatic N) is 2.